The lowest BCUT2D eigenvalue weighted by Gasteiger charge is -2.05. The number of hydrogen-bond donors (Lipinski definition) is 1. The van der Waals surface area contributed by atoms with Gasteiger partial charge < -0.3 is 5.32 Å². The Hall–Kier alpha value is -2.09. The van der Waals surface area contributed by atoms with Gasteiger partial charge in [0.15, 0.2) is 0 Å². The molecule has 1 N–H and O–H groups in total. The second kappa shape index (κ2) is 12.3. The van der Waals surface area contributed by atoms with E-state index in [1.165, 1.54) is 16.7 Å². The molecule has 26 heavy (non-hydrogen) atoms. The molecule has 2 nitrogen and oxygen atoms in total. The summed E-state index contributed by atoms with van der Waals surface area (Å²) in [5.74, 6) is 0.00725. The van der Waals surface area contributed by atoms with Crippen LogP contribution >= 0.6 is 0 Å². The number of carbonyl (C=O) groups is 1. The van der Waals surface area contributed by atoms with Crippen LogP contribution in [0.5, 0.6) is 0 Å². The normalized spacial score (nSPS) is 12.0. The third-order valence-electron chi connectivity index (χ3n) is 4.24. The van der Waals surface area contributed by atoms with Crippen molar-refractivity contribution in [3.63, 3.8) is 0 Å². The van der Waals surface area contributed by atoms with Crippen LogP contribution in [0.3, 0.4) is 0 Å². The summed E-state index contributed by atoms with van der Waals surface area (Å²) >= 11 is 0. The van der Waals surface area contributed by atoms with Gasteiger partial charge in [-0.1, -0.05) is 54.0 Å². The van der Waals surface area contributed by atoms with E-state index >= 15 is 0 Å². The molecule has 1 rings (SSSR count). The van der Waals surface area contributed by atoms with Crippen molar-refractivity contribution in [3.05, 3.63) is 64.3 Å². The van der Waals surface area contributed by atoms with Gasteiger partial charge in [-0.3, -0.25) is 4.79 Å². The zero-order chi connectivity index (χ0) is 19.4. The number of rotatable bonds is 10. The van der Waals surface area contributed by atoms with Crippen LogP contribution < -0.4 is 5.32 Å². The van der Waals surface area contributed by atoms with Gasteiger partial charge in [0.2, 0.25) is 0 Å². The van der Waals surface area contributed by atoms with Crippen LogP contribution in [0.15, 0.2) is 53.1 Å². The van der Waals surface area contributed by atoms with Crippen molar-refractivity contribution in [1.82, 2.24) is 5.32 Å². The maximum absolute atomic E-state index is 11.9. The molecule has 0 aromatic heterocycles. The summed E-state index contributed by atoms with van der Waals surface area (Å²) in [6.07, 6.45) is 12.3. The van der Waals surface area contributed by atoms with Gasteiger partial charge >= 0.3 is 0 Å². The lowest BCUT2D eigenvalue weighted by molar-refractivity contribution is 0.0953. The first-order chi connectivity index (χ1) is 12.4. The van der Waals surface area contributed by atoms with Crippen LogP contribution in [0.1, 0.15) is 82.6 Å². The SMILES string of the molecule is CCCNC(=O)c1ccc(C=C(C)CCC=C(C)CCC=C(C)C)cc1. The maximum atomic E-state index is 11.9. The predicted molar refractivity (Wildman–Crippen MR) is 114 cm³/mol. The van der Waals surface area contributed by atoms with Gasteiger partial charge in [0.05, 0.1) is 0 Å². The number of carbonyl (C=O) groups excluding carboxylic acids is 1. The second-order valence-corrected chi connectivity index (χ2v) is 7.28. The van der Waals surface area contributed by atoms with Crippen LogP contribution in [0, 0.1) is 0 Å². The van der Waals surface area contributed by atoms with Crippen LogP contribution in [-0.2, 0) is 0 Å². The van der Waals surface area contributed by atoms with Gasteiger partial charge in [0.25, 0.3) is 5.91 Å². The fourth-order valence-corrected chi connectivity index (χ4v) is 2.66. The van der Waals surface area contributed by atoms with Crippen LogP contribution in [-0.4, -0.2) is 12.5 Å². The molecule has 0 unspecified atom stereocenters. The third kappa shape index (κ3) is 9.41. The topological polar surface area (TPSA) is 29.1 Å². The fraction of sp³-hybridized carbons (Fsp3) is 0.458. The van der Waals surface area contributed by atoms with E-state index < -0.39 is 0 Å². The molecule has 0 bridgehead atoms. The van der Waals surface area contributed by atoms with Crippen LogP contribution in [0.25, 0.3) is 6.08 Å². The fourth-order valence-electron chi connectivity index (χ4n) is 2.66. The Balaban J connectivity index is 2.49. The summed E-state index contributed by atoms with van der Waals surface area (Å²) in [6, 6.07) is 7.84. The van der Waals surface area contributed by atoms with Crippen molar-refractivity contribution in [2.24, 2.45) is 0 Å². The summed E-state index contributed by atoms with van der Waals surface area (Å²) < 4.78 is 0. The lowest BCUT2D eigenvalue weighted by Crippen LogP contribution is -2.23. The van der Waals surface area contributed by atoms with E-state index in [1.54, 1.807) is 0 Å². The van der Waals surface area contributed by atoms with E-state index in [4.69, 9.17) is 0 Å². The molecule has 0 radical (unpaired) electrons. The van der Waals surface area contributed by atoms with E-state index in [0.29, 0.717) is 0 Å². The molecule has 0 aliphatic carbocycles. The van der Waals surface area contributed by atoms with E-state index in [9.17, 15) is 4.79 Å². The highest BCUT2D eigenvalue weighted by Crippen LogP contribution is 2.15. The van der Waals surface area contributed by atoms with Crippen molar-refractivity contribution in [1.29, 1.82) is 0 Å². The molecule has 0 aliphatic heterocycles. The molecule has 2 heteroatoms. The first-order valence-electron chi connectivity index (χ1n) is 9.76. The van der Waals surface area contributed by atoms with E-state index in [1.807, 2.05) is 24.3 Å². The van der Waals surface area contributed by atoms with Crippen molar-refractivity contribution in [2.45, 2.75) is 66.7 Å². The Labute approximate surface area is 160 Å². The summed E-state index contributed by atoms with van der Waals surface area (Å²) in [5, 5.41) is 2.90. The third-order valence-corrected chi connectivity index (χ3v) is 4.24. The lowest BCUT2D eigenvalue weighted by atomic mass is 10.0. The summed E-state index contributed by atoms with van der Waals surface area (Å²) in [7, 11) is 0. The Morgan fingerprint density at radius 3 is 2.15 bits per heavy atom. The number of hydrogen-bond acceptors (Lipinski definition) is 1. The van der Waals surface area contributed by atoms with Crippen LogP contribution in [0.4, 0.5) is 0 Å². The Bertz CT molecular complexity index is 643. The van der Waals surface area contributed by atoms with Gasteiger partial charge in [0.1, 0.15) is 0 Å². The predicted octanol–water partition coefficient (Wildman–Crippen LogP) is 6.70. The average molecular weight is 354 g/mol. The van der Waals surface area contributed by atoms with Crippen molar-refractivity contribution < 1.29 is 4.79 Å². The Morgan fingerprint density at radius 1 is 0.923 bits per heavy atom. The molecule has 0 atom stereocenters. The molecule has 1 aromatic rings. The van der Waals surface area contributed by atoms with Gasteiger partial charge in [0, 0.05) is 12.1 Å². The molecule has 0 aliphatic rings. The van der Waals surface area contributed by atoms with E-state index in [0.717, 1.165) is 49.8 Å². The molecule has 1 amide bonds. The Kier molecular flexibility index (Phi) is 10.4. The zero-order valence-corrected chi connectivity index (χ0v) is 17.2. The molecule has 1 aromatic carbocycles. The maximum Gasteiger partial charge on any atom is 0.251 e. The van der Waals surface area contributed by atoms with Crippen LogP contribution in [0.2, 0.25) is 0 Å². The quantitative estimate of drug-likeness (QED) is 0.466. The highest BCUT2D eigenvalue weighted by Gasteiger charge is 2.03. The molecular formula is C24H35NO. The highest BCUT2D eigenvalue weighted by molar-refractivity contribution is 5.94. The monoisotopic (exact) mass is 353 g/mol. The molecule has 0 spiro atoms. The van der Waals surface area contributed by atoms with Gasteiger partial charge in [-0.2, -0.15) is 0 Å². The smallest absolute Gasteiger partial charge is 0.251 e. The molecule has 0 saturated carbocycles. The Morgan fingerprint density at radius 2 is 1.54 bits per heavy atom. The molecule has 0 fully saturated rings. The number of nitrogens with one attached hydrogen (secondary N) is 1. The minimum Gasteiger partial charge on any atom is -0.352 e. The van der Waals surface area contributed by atoms with Crippen molar-refractivity contribution >= 4 is 12.0 Å². The number of amides is 1. The summed E-state index contributed by atoms with van der Waals surface area (Å²) in [4.78, 5) is 11.9. The minimum atomic E-state index is 0.00725. The van der Waals surface area contributed by atoms with E-state index in [-0.39, 0.29) is 5.91 Å². The van der Waals surface area contributed by atoms with Gasteiger partial charge in [-0.05, 0) is 77.5 Å². The van der Waals surface area contributed by atoms with Crippen molar-refractivity contribution in [2.75, 3.05) is 6.54 Å². The second-order valence-electron chi connectivity index (χ2n) is 7.28. The molecule has 0 saturated heterocycles. The van der Waals surface area contributed by atoms with Crippen molar-refractivity contribution in [3.8, 4) is 0 Å². The van der Waals surface area contributed by atoms with E-state index in [2.05, 4.69) is 58.2 Å². The largest absolute Gasteiger partial charge is 0.352 e. The summed E-state index contributed by atoms with van der Waals surface area (Å²) in [5.41, 5.74) is 6.10. The number of allylic oxidation sites excluding steroid dienone is 5. The average Bonchev–Trinajstić information content (AvgIpc) is 2.60. The first kappa shape index (κ1) is 22.0. The number of benzene rings is 1. The zero-order valence-electron chi connectivity index (χ0n) is 17.2. The molecule has 142 valence electrons. The summed E-state index contributed by atoms with van der Waals surface area (Å²) in [6.45, 7) is 11.5. The molecule has 0 heterocycles. The van der Waals surface area contributed by atoms with Gasteiger partial charge in [-0.15, -0.1) is 0 Å². The van der Waals surface area contributed by atoms with Gasteiger partial charge in [-0.25, -0.2) is 0 Å². The first-order valence-corrected chi connectivity index (χ1v) is 9.76. The minimum absolute atomic E-state index is 0.00725. The molecular weight excluding hydrogens is 318 g/mol. The standard InChI is InChI=1S/C24H35NO/c1-6-17-25-24(26)23-15-13-22(14-16-23)18-21(5)12-8-11-20(4)10-7-9-19(2)3/h9,11,13-16,18H,6-8,10,12,17H2,1-5H3,(H,25,26). The highest BCUT2D eigenvalue weighted by atomic mass is 16.1.